The van der Waals surface area contributed by atoms with E-state index in [1.165, 1.54) is 82.3 Å². The largest absolute Gasteiger partial charge is 0.310 e. The van der Waals surface area contributed by atoms with Crippen LogP contribution in [0, 0.1) is 0 Å². The van der Waals surface area contributed by atoms with Crippen molar-refractivity contribution in [3.05, 3.63) is 255 Å². The molecule has 64 heavy (non-hydrogen) atoms. The smallest absolute Gasteiger partial charge is 0.0547 e. The lowest BCUT2D eigenvalue weighted by Gasteiger charge is -2.28. The molecule has 0 aliphatic heterocycles. The Balaban J connectivity index is 0.984. The Hall–Kier alpha value is -8.46. The molecule has 2 nitrogen and oxygen atoms in total. The summed E-state index contributed by atoms with van der Waals surface area (Å²) in [4.78, 5) is 2.42. The molecule has 0 aliphatic carbocycles. The number of fused-ring (bicyclic) bond motifs is 6. The summed E-state index contributed by atoms with van der Waals surface area (Å²) in [5, 5.41) is 7.54. The summed E-state index contributed by atoms with van der Waals surface area (Å²) < 4.78 is 2.41. The van der Waals surface area contributed by atoms with Gasteiger partial charge in [-0.05, 0) is 121 Å². The van der Waals surface area contributed by atoms with Crippen molar-refractivity contribution in [3.8, 4) is 50.2 Å². The molecule has 0 saturated heterocycles. The van der Waals surface area contributed by atoms with Crippen LogP contribution in [-0.2, 0) is 0 Å². The standard InChI is InChI=1S/C62H42N2/c1-3-15-43(16-4-1)44-31-38-52(39-32-44)64-60-27-12-10-24-58(60)62-57(25-14-28-61(62)64)49-20-13-21-53(42-49)63(59-26-11-9-23-56(59)46-17-5-2-6-18-46)51-36-33-45(34-37-51)48-35-40-55-50(41-48)30-29-47-19-7-8-22-54(47)55/h1-42H. The molecule has 1 heterocycles. The van der Waals surface area contributed by atoms with E-state index in [4.69, 9.17) is 0 Å². The van der Waals surface area contributed by atoms with Gasteiger partial charge in [-0.15, -0.1) is 0 Å². The van der Waals surface area contributed by atoms with Crippen LogP contribution in [0.5, 0.6) is 0 Å². The molecule has 12 rings (SSSR count). The van der Waals surface area contributed by atoms with Gasteiger partial charge in [0.1, 0.15) is 0 Å². The van der Waals surface area contributed by atoms with Gasteiger partial charge < -0.3 is 9.47 Å². The van der Waals surface area contributed by atoms with Crippen LogP contribution in [-0.4, -0.2) is 4.57 Å². The van der Waals surface area contributed by atoms with E-state index in [1.54, 1.807) is 0 Å². The van der Waals surface area contributed by atoms with Crippen LogP contribution in [0.1, 0.15) is 0 Å². The van der Waals surface area contributed by atoms with Gasteiger partial charge in [0.2, 0.25) is 0 Å². The van der Waals surface area contributed by atoms with E-state index in [-0.39, 0.29) is 0 Å². The first-order chi connectivity index (χ1) is 31.7. The predicted octanol–water partition coefficient (Wildman–Crippen LogP) is 17.2. The lowest BCUT2D eigenvalue weighted by molar-refractivity contribution is 1.18. The molecule has 0 aliphatic rings. The van der Waals surface area contributed by atoms with Gasteiger partial charge in [-0.3, -0.25) is 0 Å². The lowest BCUT2D eigenvalue weighted by Crippen LogP contribution is -2.11. The highest BCUT2D eigenvalue weighted by atomic mass is 15.1. The van der Waals surface area contributed by atoms with Crippen molar-refractivity contribution in [2.75, 3.05) is 4.90 Å². The molecule has 12 aromatic rings. The second-order valence-corrected chi connectivity index (χ2v) is 16.5. The maximum atomic E-state index is 2.42. The second-order valence-electron chi connectivity index (χ2n) is 16.5. The van der Waals surface area contributed by atoms with Crippen LogP contribution < -0.4 is 4.90 Å². The first-order valence-corrected chi connectivity index (χ1v) is 22.0. The minimum absolute atomic E-state index is 1.09. The summed E-state index contributed by atoms with van der Waals surface area (Å²) in [7, 11) is 0. The minimum Gasteiger partial charge on any atom is -0.310 e. The molecule has 0 radical (unpaired) electrons. The predicted molar refractivity (Wildman–Crippen MR) is 272 cm³/mol. The first-order valence-electron chi connectivity index (χ1n) is 22.0. The lowest BCUT2D eigenvalue weighted by atomic mass is 9.96. The molecular weight excluding hydrogens is 773 g/mol. The third-order valence-corrected chi connectivity index (χ3v) is 12.8. The Morgan fingerprint density at radius 2 is 0.844 bits per heavy atom. The number of benzene rings is 11. The Labute approximate surface area is 373 Å². The molecule has 300 valence electrons. The van der Waals surface area contributed by atoms with Crippen LogP contribution in [0.4, 0.5) is 17.1 Å². The maximum Gasteiger partial charge on any atom is 0.0547 e. The number of nitrogens with zero attached hydrogens (tertiary/aromatic N) is 2. The average molecular weight is 815 g/mol. The van der Waals surface area contributed by atoms with Crippen LogP contribution in [0.15, 0.2) is 255 Å². The number of para-hydroxylation sites is 2. The normalized spacial score (nSPS) is 11.4. The van der Waals surface area contributed by atoms with E-state index in [2.05, 4.69) is 264 Å². The van der Waals surface area contributed by atoms with Gasteiger partial charge >= 0.3 is 0 Å². The average Bonchev–Trinajstić information content (AvgIpc) is 3.72. The Morgan fingerprint density at radius 1 is 0.281 bits per heavy atom. The van der Waals surface area contributed by atoms with E-state index in [0.29, 0.717) is 0 Å². The van der Waals surface area contributed by atoms with Gasteiger partial charge in [-0.25, -0.2) is 0 Å². The van der Waals surface area contributed by atoms with Gasteiger partial charge in [0.05, 0.1) is 16.7 Å². The highest BCUT2D eigenvalue weighted by molar-refractivity contribution is 6.16. The van der Waals surface area contributed by atoms with Gasteiger partial charge in [0.25, 0.3) is 0 Å². The van der Waals surface area contributed by atoms with E-state index < -0.39 is 0 Å². The molecule has 1 aromatic heterocycles. The zero-order valence-corrected chi connectivity index (χ0v) is 35.1. The second kappa shape index (κ2) is 15.8. The molecule has 0 bridgehead atoms. The highest BCUT2D eigenvalue weighted by Gasteiger charge is 2.20. The SMILES string of the molecule is c1ccc(-c2ccc(-n3c4ccccc4c4c(-c5cccc(N(c6ccc(-c7ccc8c(ccc9ccccc98)c7)cc6)c6ccccc6-c6ccccc6)c5)cccc43)cc2)cc1. The summed E-state index contributed by atoms with van der Waals surface area (Å²) in [6, 6.07) is 92.7. The Kier molecular flexibility index (Phi) is 9.20. The summed E-state index contributed by atoms with van der Waals surface area (Å²) in [5.74, 6) is 0. The quantitative estimate of drug-likeness (QED) is 0.139. The summed E-state index contributed by atoms with van der Waals surface area (Å²) in [5.41, 5.74) is 16.3. The number of hydrogen-bond donors (Lipinski definition) is 0. The van der Waals surface area contributed by atoms with Crippen molar-refractivity contribution >= 4 is 60.4 Å². The van der Waals surface area contributed by atoms with E-state index in [9.17, 15) is 0 Å². The fraction of sp³-hybridized carbons (Fsp3) is 0. The Bertz CT molecular complexity index is 3640. The molecule has 0 fully saturated rings. The monoisotopic (exact) mass is 814 g/mol. The van der Waals surface area contributed by atoms with Crippen molar-refractivity contribution in [3.63, 3.8) is 0 Å². The molecule has 0 atom stereocenters. The van der Waals surface area contributed by atoms with Crippen LogP contribution in [0.25, 0.3) is 93.5 Å². The van der Waals surface area contributed by atoms with Crippen molar-refractivity contribution < 1.29 is 0 Å². The Morgan fingerprint density at radius 3 is 1.67 bits per heavy atom. The van der Waals surface area contributed by atoms with Crippen molar-refractivity contribution in [2.24, 2.45) is 0 Å². The van der Waals surface area contributed by atoms with E-state index >= 15 is 0 Å². The third kappa shape index (κ3) is 6.52. The van der Waals surface area contributed by atoms with Gasteiger partial charge in [-0.2, -0.15) is 0 Å². The minimum atomic E-state index is 1.09. The molecular formula is C62H42N2. The molecule has 2 heteroatoms. The maximum absolute atomic E-state index is 2.42. The third-order valence-electron chi connectivity index (χ3n) is 12.8. The van der Waals surface area contributed by atoms with Crippen molar-refractivity contribution in [2.45, 2.75) is 0 Å². The zero-order valence-electron chi connectivity index (χ0n) is 35.1. The van der Waals surface area contributed by atoms with Gasteiger partial charge in [-0.1, -0.05) is 194 Å². The van der Waals surface area contributed by atoms with Crippen LogP contribution in [0.2, 0.25) is 0 Å². The highest BCUT2D eigenvalue weighted by Crippen LogP contribution is 2.44. The molecule has 0 unspecified atom stereocenters. The number of anilines is 3. The molecule has 11 aromatic carbocycles. The van der Waals surface area contributed by atoms with Crippen molar-refractivity contribution in [1.29, 1.82) is 0 Å². The van der Waals surface area contributed by atoms with Gasteiger partial charge in [0.15, 0.2) is 0 Å². The van der Waals surface area contributed by atoms with Crippen LogP contribution in [0.3, 0.4) is 0 Å². The topological polar surface area (TPSA) is 8.17 Å². The summed E-state index contributed by atoms with van der Waals surface area (Å²) >= 11 is 0. The van der Waals surface area contributed by atoms with Crippen LogP contribution >= 0.6 is 0 Å². The van der Waals surface area contributed by atoms with Crippen molar-refractivity contribution in [1.82, 2.24) is 4.57 Å². The number of aromatic nitrogens is 1. The van der Waals surface area contributed by atoms with E-state index in [0.717, 1.165) is 28.3 Å². The number of hydrogen-bond acceptors (Lipinski definition) is 1. The van der Waals surface area contributed by atoms with Gasteiger partial charge in [0, 0.05) is 33.4 Å². The molecule has 0 spiro atoms. The molecule has 0 amide bonds. The van der Waals surface area contributed by atoms with E-state index in [1.807, 2.05) is 0 Å². The first kappa shape index (κ1) is 37.3. The fourth-order valence-corrected chi connectivity index (χ4v) is 9.74. The molecule has 0 saturated carbocycles. The summed E-state index contributed by atoms with van der Waals surface area (Å²) in [6.07, 6.45) is 0. The zero-order chi connectivity index (χ0) is 42.4. The molecule has 0 N–H and O–H groups in total. The fourth-order valence-electron chi connectivity index (χ4n) is 9.74. The number of rotatable bonds is 8. The summed E-state index contributed by atoms with van der Waals surface area (Å²) in [6.45, 7) is 0.